The van der Waals surface area contributed by atoms with Crippen LogP contribution >= 0.6 is 0 Å². The summed E-state index contributed by atoms with van der Waals surface area (Å²) >= 11 is 0. The Morgan fingerprint density at radius 3 is 2.33 bits per heavy atom. The molecule has 1 fully saturated rings. The lowest BCUT2D eigenvalue weighted by molar-refractivity contribution is 0.471. The Labute approximate surface area is 107 Å². The van der Waals surface area contributed by atoms with Gasteiger partial charge in [-0.1, -0.05) is 0 Å². The summed E-state index contributed by atoms with van der Waals surface area (Å²) in [5.41, 5.74) is 6.61. The predicted molar refractivity (Wildman–Crippen MR) is 67.2 cm³/mol. The predicted octanol–water partition coefficient (Wildman–Crippen LogP) is 1.16. The Bertz CT molecular complexity index is 548. The van der Waals surface area contributed by atoms with Crippen molar-refractivity contribution in [1.29, 1.82) is 0 Å². The second-order valence-corrected chi connectivity index (χ2v) is 6.66. The third-order valence-corrected chi connectivity index (χ3v) is 5.38. The number of nitrogens with zero attached hydrogens (tertiary/aromatic N) is 1. The molecule has 0 aliphatic carbocycles. The van der Waals surface area contributed by atoms with Crippen LogP contribution in [0.1, 0.15) is 17.5 Å². The number of aryl methyl sites for hydroxylation is 2. The zero-order valence-electron chi connectivity index (χ0n) is 10.5. The van der Waals surface area contributed by atoms with E-state index >= 15 is 0 Å². The van der Waals surface area contributed by atoms with Crippen LogP contribution in [-0.2, 0) is 10.0 Å². The topological polar surface area (TPSA) is 63.4 Å². The van der Waals surface area contributed by atoms with Crippen LogP contribution in [0.3, 0.4) is 0 Å². The molecule has 1 aromatic rings. The second-order valence-electron chi connectivity index (χ2n) is 4.78. The Balaban J connectivity index is 2.48. The third kappa shape index (κ3) is 2.28. The maximum absolute atomic E-state index is 13.2. The molecule has 2 N–H and O–H groups in total. The fraction of sp³-hybridized carbons (Fsp3) is 0.500. The van der Waals surface area contributed by atoms with E-state index in [1.54, 1.807) is 13.8 Å². The summed E-state index contributed by atoms with van der Waals surface area (Å²) in [5.74, 6) is -0.415. The van der Waals surface area contributed by atoms with Gasteiger partial charge in [0.1, 0.15) is 5.82 Å². The number of nitrogens with two attached hydrogens (primary N) is 1. The van der Waals surface area contributed by atoms with Crippen LogP contribution in [0.2, 0.25) is 0 Å². The first kappa shape index (κ1) is 13.5. The maximum atomic E-state index is 13.2. The van der Waals surface area contributed by atoms with Gasteiger partial charge in [-0.2, -0.15) is 4.31 Å². The van der Waals surface area contributed by atoms with Gasteiger partial charge in [-0.25, -0.2) is 12.8 Å². The molecule has 1 aliphatic rings. The van der Waals surface area contributed by atoms with Crippen molar-refractivity contribution in [2.45, 2.75) is 31.2 Å². The molecule has 0 unspecified atom stereocenters. The molecule has 1 aliphatic heterocycles. The maximum Gasteiger partial charge on any atom is 0.243 e. The summed E-state index contributed by atoms with van der Waals surface area (Å²) in [7, 11) is -3.56. The molecule has 6 heteroatoms. The monoisotopic (exact) mass is 272 g/mol. The molecular weight excluding hydrogens is 255 g/mol. The van der Waals surface area contributed by atoms with Gasteiger partial charge in [0, 0.05) is 19.1 Å². The molecule has 0 radical (unpaired) electrons. The number of hydrogen-bond donors (Lipinski definition) is 1. The molecular formula is C12H17FN2O2S. The molecule has 1 saturated heterocycles. The molecule has 100 valence electrons. The largest absolute Gasteiger partial charge is 0.326 e. The summed E-state index contributed by atoms with van der Waals surface area (Å²) in [6.07, 6.45) is 0.665. The molecule has 2 rings (SSSR count). The minimum atomic E-state index is -3.56. The number of sulfonamides is 1. The third-order valence-electron chi connectivity index (χ3n) is 3.21. The normalized spacial score (nSPS) is 21.4. The fourth-order valence-electron chi connectivity index (χ4n) is 2.41. The molecule has 1 atom stereocenters. The van der Waals surface area contributed by atoms with Gasteiger partial charge in [-0.15, -0.1) is 0 Å². The quantitative estimate of drug-likeness (QED) is 0.879. The highest BCUT2D eigenvalue weighted by Crippen LogP contribution is 2.27. The lowest BCUT2D eigenvalue weighted by Gasteiger charge is -2.19. The van der Waals surface area contributed by atoms with Crippen molar-refractivity contribution in [3.8, 4) is 0 Å². The standard InChI is InChI=1S/C12H17FN2O2S/c1-8-5-10(13)6-9(2)12(8)18(16,17)15-4-3-11(14)7-15/h5-6,11H,3-4,7,14H2,1-2H3/t11-/m0/s1. The van der Waals surface area contributed by atoms with Gasteiger partial charge in [0.05, 0.1) is 4.90 Å². The number of benzene rings is 1. The van der Waals surface area contributed by atoms with E-state index in [4.69, 9.17) is 5.73 Å². The molecule has 18 heavy (non-hydrogen) atoms. The van der Waals surface area contributed by atoms with E-state index < -0.39 is 15.8 Å². The Morgan fingerprint density at radius 2 is 1.89 bits per heavy atom. The Kier molecular flexibility index (Phi) is 3.44. The van der Waals surface area contributed by atoms with Crippen molar-refractivity contribution in [2.24, 2.45) is 5.73 Å². The summed E-state index contributed by atoms with van der Waals surface area (Å²) in [6.45, 7) is 3.98. The average molecular weight is 272 g/mol. The molecule has 4 nitrogen and oxygen atoms in total. The van der Waals surface area contributed by atoms with E-state index in [0.717, 1.165) is 0 Å². The minimum absolute atomic E-state index is 0.110. The van der Waals surface area contributed by atoms with E-state index in [2.05, 4.69) is 0 Å². The van der Waals surface area contributed by atoms with Crippen LogP contribution in [0, 0.1) is 19.7 Å². The SMILES string of the molecule is Cc1cc(F)cc(C)c1S(=O)(=O)N1CC[C@H](N)C1. The lowest BCUT2D eigenvalue weighted by atomic mass is 10.1. The molecule has 0 aromatic heterocycles. The smallest absolute Gasteiger partial charge is 0.243 e. The van der Waals surface area contributed by atoms with Gasteiger partial charge >= 0.3 is 0 Å². The first-order chi connectivity index (χ1) is 8.32. The second kappa shape index (κ2) is 4.60. The molecule has 0 saturated carbocycles. The Hall–Kier alpha value is -0.980. The van der Waals surface area contributed by atoms with Gasteiger partial charge in [0.15, 0.2) is 0 Å². The summed E-state index contributed by atoms with van der Waals surface area (Å²) in [4.78, 5) is 0.206. The lowest BCUT2D eigenvalue weighted by Crippen LogP contribution is -2.32. The first-order valence-corrected chi connectivity index (χ1v) is 7.29. The van der Waals surface area contributed by atoms with Crippen LogP contribution in [-0.4, -0.2) is 31.9 Å². The van der Waals surface area contributed by atoms with E-state index in [0.29, 0.717) is 30.6 Å². The van der Waals surface area contributed by atoms with Gasteiger partial charge in [0.2, 0.25) is 10.0 Å². The van der Waals surface area contributed by atoms with Gasteiger partial charge in [-0.05, 0) is 43.5 Å². The molecule has 1 heterocycles. The molecule has 0 amide bonds. The zero-order chi connectivity index (χ0) is 13.5. The van der Waals surface area contributed by atoms with E-state index in [-0.39, 0.29) is 10.9 Å². The Morgan fingerprint density at radius 1 is 1.33 bits per heavy atom. The molecule has 0 bridgehead atoms. The summed E-state index contributed by atoms with van der Waals surface area (Å²) in [5, 5.41) is 0. The van der Waals surface area contributed by atoms with Crippen molar-refractivity contribution in [3.05, 3.63) is 29.1 Å². The van der Waals surface area contributed by atoms with Crippen LogP contribution in [0.5, 0.6) is 0 Å². The van der Waals surface area contributed by atoms with E-state index in [9.17, 15) is 12.8 Å². The van der Waals surface area contributed by atoms with Crippen molar-refractivity contribution in [3.63, 3.8) is 0 Å². The van der Waals surface area contributed by atoms with Crippen LogP contribution in [0.15, 0.2) is 17.0 Å². The van der Waals surface area contributed by atoms with Gasteiger partial charge in [-0.3, -0.25) is 0 Å². The highest BCUT2D eigenvalue weighted by Gasteiger charge is 2.33. The minimum Gasteiger partial charge on any atom is -0.326 e. The number of hydrogen-bond acceptors (Lipinski definition) is 3. The highest BCUT2D eigenvalue weighted by molar-refractivity contribution is 7.89. The van der Waals surface area contributed by atoms with E-state index in [1.807, 2.05) is 0 Å². The van der Waals surface area contributed by atoms with Crippen LogP contribution in [0.25, 0.3) is 0 Å². The number of rotatable bonds is 2. The van der Waals surface area contributed by atoms with Crippen molar-refractivity contribution in [1.82, 2.24) is 4.31 Å². The fourth-order valence-corrected chi connectivity index (χ4v) is 4.33. The van der Waals surface area contributed by atoms with Gasteiger partial charge in [0.25, 0.3) is 0 Å². The summed E-state index contributed by atoms with van der Waals surface area (Å²) < 4.78 is 39.5. The van der Waals surface area contributed by atoms with Gasteiger partial charge < -0.3 is 5.73 Å². The van der Waals surface area contributed by atoms with Crippen LogP contribution < -0.4 is 5.73 Å². The van der Waals surface area contributed by atoms with Crippen molar-refractivity contribution >= 4 is 10.0 Å². The molecule has 1 aromatic carbocycles. The average Bonchev–Trinajstić information content (AvgIpc) is 2.63. The number of halogens is 1. The van der Waals surface area contributed by atoms with Crippen molar-refractivity contribution < 1.29 is 12.8 Å². The van der Waals surface area contributed by atoms with E-state index in [1.165, 1.54) is 16.4 Å². The summed E-state index contributed by atoms with van der Waals surface area (Å²) in [6, 6.07) is 2.38. The zero-order valence-corrected chi connectivity index (χ0v) is 11.3. The first-order valence-electron chi connectivity index (χ1n) is 5.85. The molecule has 0 spiro atoms. The van der Waals surface area contributed by atoms with Crippen molar-refractivity contribution in [2.75, 3.05) is 13.1 Å². The van der Waals surface area contributed by atoms with Crippen LogP contribution in [0.4, 0.5) is 4.39 Å². The highest BCUT2D eigenvalue weighted by atomic mass is 32.2.